The first-order valence-corrected chi connectivity index (χ1v) is 8.37. The van der Waals surface area contributed by atoms with Gasteiger partial charge in [0, 0.05) is 12.0 Å². The first-order chi connectivity index (χ1) is 11.3. The summed E-state index contributed by atoms with van der Waals surface area (Å²) in [5.41, 5.74) is 8.59. The van der Waals surface area contributed by atoms with Crippen LogP contribution in [-0.4, -0.2) is 6.04 Å². The molecule has 1 aliphatic carbocycles. The van der Waals surface area contributed by atoms with Crippen LogP contribution in [0.25, 0.3) is 11.1 Å². The molecule has 5 rings (SSSR count). The van der Waals surface area contributed by atoms with E-state index in [1.54, 1.807) is 0 Å². The van der Waals surface area contributed by atoms with Gasteiger partial charge in [0.1, 0.15) is 0 Å². The molecule has 1 aliphatic heterocycles. The second-order valence-electron chi connectivity index (χ2n) is 6.67. The van der Waals surface area contributed by atoms with Gasteiger partial charge in [0.25, 0.3) is 0 Å². The highest BCUT2D eigenvalue weighted by molar-refractivity contribution is 5.81. The van der Waals surface area contributed by atoms with Crippen LogP contribution < -0.4 is 5.32 Å². The Labute approximate surface area is 137 Å². The minimum Gasteiger partial charge on any atom is -0.303 e. The standard InChI is InChI=1S/C22H19N/c1-14-20(15-8-3-2-4-9-15)19-13-7-12-17-16-10-5-6-11-18(16)22(23-14)21(17)19/h2-14,20,22-23H,1H3. The molecule has 0 amide bonds. The molecular weight excluding hydrogens is 278 g/mol. The van der Waals surface area contributed by atoms with Crippen LogP contribution in [0.1, 0.15) is 41.1 Å². The van der Waals surface area contributed by atoms with Gasteiger partial charge < -0.3 is 5.32 Å². The van der Waals surface area contributed by atoms with Crippen LogP contribution in [0.3, 0.4) is 0 Å². The zero-order valence-corrected chi connectivity index (χ0v) is 13.2. The normalized spacial score (nSPS) is 24.1. The molecule has 1 N–H and O–H groups in total. The number of hydrogen-bond acceptors (Lipinski definition) is 1. The second kappa shape index (κ2) is 4.81. The van der Waals surface area contributed by atoms with Crippen LogP contribution in [0, 0.1) is 0 Å². The Kier molecular flexibility index (Phi) is 2.74. The molecule has 3 unspecified atom stereocenters. The third-order valence-corrected chi connectivity index (χ3v) is 5.41. The molecule has 0 saturated heterocycles. The lowest BCUT2D eigenvalue weighted by molar-refractivity contribution is 0.432. The topological polar surface area (TPSA) is 12.0 Å². The summed E-state index contributed by atoms with van der Waals surface area (Å²) in [6, 6.07) is 27.3. The average molecular weight is 297 g/mol. The van der Waals surface area contributed by atoms with Gasteiger partial charge in [-0.1, -0.05) is 72.8 Å². The van der Waals surface area contributed by atoms with E-state index in [9.17, 15) is 0 Å². The van der Waals surface area contributed by atoms with E-state index in [4.69, 9.17) is 0 Å². The van der Waals surface area contributed by atoms with E-state index in [2.05, 4.69) is 85.0 Å². The molecule has 0 bridgehead atoms. The number of rotatable bonds is 1. The third kappa shape index (κ3) is 1.77. The molecule has 2 aliphatic rings. The van der Waals surface area contributed by atoms with Crippen molar-refractivity contribution in [2.75, 3.05) is 0 Å². The minimum absolute atomic E-state index is 0.340. The van der Waals surface area contributed by atoms with E-state index >= 15 is 0 Å². The first-order valence-electron chi connectivity index (χ1n) is 8.37. The largest absolute Gasteiger partial charge is 0.303 e. The van der Waals surface area contributed by atoms with Gasteiger partial charge in [0.15, 0.2) is 0 Å². The van der Waals surface area contributed by atoms with E-state index in [1.807, 2.05) is 0 Å². The SMILES string of the molecule is CC1NC2c3ccccc3-c3cccc(c32)C1c1ccccc1. The van der Waals surface area contributed by atoms with E-state index < -0.39 is 0 Å². The molecule has 23 heavy (non-hydrogen) atoms. The lowest BCUT2D eigenvalue weighted by atomic mass is 9.78. The van der Waals surface area contributed by atoms with Crippen molar-refractivity contribution < 1.29 is 0 Å². The molecule has 3 aromatic carbocycles. The van der Waals surface area contributed by atoms with Crippen LogP contribution in [0.4, 0.5) is 0 Å². The molecule has 0 spiro atoms. The first kappa shape index (κ1) is 13.1. The van der Waals surface area contributed by atoms with Gasteiger partial charge in [-0.25, -0.2) is 0 Å². The van der Waals surface area contributed by atoms with Gasteiger partial charge in [-0.05, 0) is 40.3 Å². The van der Waals surface area contributed by atoms with Crippen molar-refractivity contribution >= 4 is 0 Å². The van der Waals surface area contributed by atoms with Gasteiger partial charge in [-0.15, -0.1) is 0 Å². The molecule has 0 saturated carbocycles. The summed E-state index contributed by atoms with van der Waals surface area (Å²) < 4.78 is 0. The molecule has 3 aromatic rings. The summed E-state index contributed by atoms with van der Waals surface area (Å²) in [6.07, 6.45) is 0. The predicted molar refractivity (Wildman–Crippen MR) is 94.6 cm³/mol. The maximum atomic E-state index is 3.88. The Bertz CT molecular complexity index is 881. The van der Waals surface area contributed by atoms with Crippen LogP contribution in [0.2, 0.25) is 0 Å². The maximum absolute atomic E-state index is 3.88. The minimum atomic E-state index is 0.340. The third-order valence-electron chi connectivity index (χ3n) is 5.41. The van der Waals surface area contributed by atoms with Crippen molar-refractivity contribution in [2.45, 2.75) is 24.9 Å². The van der Waals surface area contributed by atoms with Crippen molar-refractivity contribution in [2.24, 2.45) is 0 Å². The van der Waals surface area contributed by atoms with Crippen LogP contribution in [-0.2, 0) is 0 Å². The Morgan fingerprint density at radius 3 is 2.26 bits per heavy atom. The van der Waals surface area contributed by atoms with Gasteiger partial charge in [0.05, 0.1) is 6.04 Å². The van der Waals surface area contributed by atoms with Crippen molar-refractivity contribution in [3.05, 3.63) is 95.1 Å². The summed E-state index contributed by atoms with van der Waals surface area (Å²) in [6.45, 7) is 2.31. The molecule has 0 fully saturated rings. The van der Waals surface area contributed by atoms with Gasteiger partial charge >= 0.3 is 0 Å². The van der Waals surface area contributed by atoms with Crippen molar-refractivity contribution in [1.29, 1.82) is 0 Å². The Morgan fingerprint density at radius 1 is 0.696 bits per heavy atom. The van der Waals surface area contributed by atoms with Crippen LogP contribution in [0.5, 0.6) is 0 Å². The zero-order valence-electron chi connectivity index (χ0n) is 13.2. The Hall–Kier alpha value is -2.38. The number of hydrogen-bond donors (Lipinski definition) is 1. The number of nitrogens with one attached hydrogen (secondary N) is 1. The molecule has 1 nitrogen and oxygen atoms in total. The lowest BCUT2D eigenvalue weighted by Crippen LogP contribution is -2.40. The molecule has 1 heterocycles. The molecule has 0 radical (unpaired) electrons. The smallest absolute Gasteiger partial charge is 0.0594 e. The Balaban J connectivity index is 1.76. The summed E-state index contributed by atoms with van der Waals surface area (Å²) in [5, 5.41) is 3.88. The van der Waals surface area contributed by atoms with Gasteiger partial charge in [-0.3, -0.25) is 0 Å². The summed E-state index contributed by atoms with van der Waals surface area (Å²) in [5.74, 6) is 0.414. The average Bonchev–Trinajstić information content (AvgIpc) is 2.92. The maximum Gasteiger partial charge on any atom is 0.0594 e. The molecule has 0 aromatic heterocycles. The van der Waals surface area contributed by atoms with E-state index in [-0.39, 0.29) is 0 Å². The summed E-state index contributed by atoms with van der Waals surface area (Å²) in [4.78, 5) is 0. The zero-order chi connectivity index (χ0) is 15.4. The van der Waals surface area contributed by atoms with E-state index in [0.717, 1.165) is 0 Å². The number of fused-ring (bicyclic) bond motifs is 3. The molecule has 3 atom stereocenters. The van der Waals surface area contributed by atoms with Gasteiger partial charge in [-0.2, -0.15) is 0 Å². The van der Waals surface area contributed by atoms with Crippen LogP contribution >= 0.6 is 0 Å². The van der Waals surface area contributed by atoms with Gasteiger partial charge in [0.2, 0.25) is 0 Å². The fourth-order valence-electron chi connectivity index (χ4n) is 4.49. The number of benzene rings is 3. The highest BCUT2D eigenvalue weighted by Crippen LogP contribution is 2.50. The monoisotopic (exact) mass is 297 g/mol. The van der Waals surface area contributed by atoms with Crippen molar-refractivity contribution in [1.82, 2.24) is 5.32 Å². The quantitative estimate of drug-likeness (QED) is 0.675. The van der Waals surface area contributed by atoms with Crippen molar-refractivity contribution in [3.8, 4) is 11.1 Å². The fraction of sp³-hybridized carbons (Fsp3) is 0.182. The van der Waals surface area contributed by atoms with Crippen LogP contribution in [0.15, 0.2) is 72.8 Å². The highest BCUT2D eigenvalue weighted by Gasteiger charge is 2.39. The predicted octanol–water partition coefficient (Wildman–Crippen LogP) is 4.88. The Morgan fingerprint density at radius 2 is 1.39 bits per heavy atom. The molecule has 1 heteroatoms. The van der Waals surface area contributed by atoms with E-state index in [1.165, 1.54) is 33.4 Å². The van der Waals surface area contributed by atoms with E-state index in [0.29, 0.717) is 18.0 Å². The highest BCUT2D eigenvalue weighted by atomic mass is 15.0. The second-order valence-corrected chi connectivity index (χ2v) is 6.67. The summed E-state index contributed by atoms with van der Waals surface area (Å²) in [7, 11) is 0. The lowest BCUT2D eigenvalue weighted by Gasteiger charge is -2.37. The molecular formula is C22H19N. The summed E-state index contributed by atoms with van der Waals surface area (Å²) >= 11 is 0. The molecule has 112 valence electrons. The van der Waals surface area contributed by atoms with Crippen molar-refractivity contribution in [3.63, 3.8) is 0 Å². The fourth-order valence-corrected chi connectivity index (χ4v) is 4.49.